The Bertz CT molecular complexity index is 1490. The summed E-state index contributed by atoms with van der Waals surface area (Å²) in [6, 6.07) is 31.5. The monoisotopic (exact) mass is 533 g/mol. The molecule has 7 heteroatoms. The predicted octanol–water partition coefficient (Wildman–Crippen LogP) is 4.60. The van der Waals surface area contributed by atoms with Gasteiger partial charge >= 0.3 is 0 Å². The van der Waals surface area contributed by atoms with E-state index in [0.717, 1.165) is 45.9 Å². The lowest BCUT2D eigenvalue weighted by Gasteiger charge is -2.39. The minimum absolute atomic E-state index is 0.0632. The molecule has 4 aromatic rings. The molecule has 0 saturated carbocycles. The molecule has 1 heterocycles. The summed E-state index contributed by atoms with van der Waals surface area (Å²) in [5, 5.41) is 15.4. The first-order valence-corrected chi connectivity index (χ1v) is 13.8. The number of hydrogen-bond donors (Lipinski definition) is 4. The fourth-order valence-electron chi connectivity index (χ4n) is 5.36. The van der Waals surface area contributed by atoms with Gasteiger partial charge in [-0.25, -0.2) is 0 Å². The molecule has 204 valence electrons. The van der Waals surface area contributed by atoms with E-state index in [1.807, 2.05) is 48.5 Å². The highest BCUT2D eigenvalue weighted by Gasteiger charge is 2.40. The van der Waals surface area contributed by atoms with Gasteiger partial charge in [0.25, 0.3) is 0 Å². The third-order valence-electron chi connectivity index (χ3n) is 7.46. The number of amides is 2. The van der Waals surface area contributed by atoms with Crippen molar-refractivity contribution in [1.82, 2.24) is 15.5 Å². The molecule has 0 radical (unpaired) electrons. The molecule has 0 unspecified atom stereocenters. The van der Waals surface area contributed by atoms with Crippen LogP contribution in [0.3, 0.4) is 0 Å². The minimum Gasteiger partial charge on any atom is -0.370 e. The number of guanidine groups is 1. The molecule has 40 heavy (non-hydrogen) atoms. The van der Waals surface area contributed by atoms with Crippen LogP contribution >= 0.6 is 0 Å². The summed E-state index contributed by atoms with van der Waals surface area (Å²) in [5.74, 6) is -0.250. The van der Waals surface area contributed by atoms with Crippen molar-refractivity contribution in [3.05, 3.63) is 108 Å². The summed E-state index contributed by atoms with van der Waals surface area (Å²) in [6.45, 7) is 0.926. The van der Waals surface area contributed by atoms with Gasteiger partial charge in [-0.15, -0.1) is 0 Å². The highest BCUT2D eigenvalue weighted by Crippen LogP contribution is 2.24. The number of fused-ring (bicyclic) bond motifs is 1. The normalized spacial score (nSPS) is 17.1. The predicted molar refractivity (Wildman–Crippen MR) is 160 cm³/mol. The minimum atomic E-state index is -0.618. The van der Waals surface area contributed by atoms with E-state index in [0.29, 0.717) is 25.9 Å². The standard InChI is InChI=1S/C33H35N5O2/c34-33(35)36-19-7-6-12-30-31(39)37-29(21-24-15-18-26-10-4-5-11-28(26)20-24)32(40)38(30)22-23-13-16-27(17-14-23)25-8-2-1-3-9-25/h1-5,8-11,13-18,20,29-30H,6-7,12,19,21-22H2,(H,37,39)(H4,34,35,36)/t29-,30-/m0/s1. The van der Waals surface area contributed by atoms with Crippen LogP contribution in [-0.4, -0.2) is 41.3 Å². The Morgan fingerprint density at radius 2 is 1.50 bits per heavy atom. The number of nitrogens with one attached hydrogen (secondary N) is 3. The maximum atomic E-state index is 13.9. The molecule has 1 aliphatic heterocycles. The summed E-state index contributed by atoms with van der Waals surface area (Å²) in [4.78, 5) is 29.0. The van der Waals surface area contributed by atoms with Crippen LogP contribution in [0.1, 0.15) is 30.4 Å². The number of piperazine rings is 1. The van der Waals surface area contributed by atoms with Crippen molar-refractivity contribution in [3.8, 4) is 11.1 Å². The molecular weight excluding hydrogens is 498 g/mol. The number of benzene rings is 4. The van der Waals surface area contributed by atoms with Gasteiger partial charge in [-0.05, 0) is 52.3 Å². The van der Waals surface area contributed by atoms with Crippen LogP contribution in [0, 0.1) is 5.41 Å². The molecule has 2 amide bonds. The van der Waals surface area contributed by atoms with Crippen molar-refractivity contribution >= 4 is 28.5 Å². The highest BCUT2D eigenvalue weighted by molar-refractivity contribution is 5.97. The molecule has 0 bridgehead atoms. The number of unbranched alkanes of at least 4 members (excludes halogenated alkanes) is 1. The van der Waals surface area contributed by atoms with E-state index in [2.05, 4.69) is 59.2 Å². The third-order valence-corrected chi connectivity index (χ3v) is 7.46. The molecular formula is C33H35N5O2. The maximum Gasteiger partial charge on any atom is 0.246 e. The van der Waals surface area contributed by atoms with Gasteiger partial charge in [0.1, 0.15) is 12.1 Å². The van der Waals surface area contributed by atoms with E-state index >= 15 is 0 Å². The Morgan fingerprint density at radius 1 is 0.825 bits per heavy atom. The topological polar surface area (TPSA) is 111 Å². The van der Waals surface area contributed by atoms with Crippen molar-refractivity contribution in [3.63, 3.8) is 0 Å². The maximum absolute atomic E-state index is 13.9. The van der Waals surface area contributed by atoms with Gasteiger partial charge in [0, 0.05) is 19.5 Å². The van der Waals surface area contributed by atoms with E-state index in [1.165, 1.54) is 0 Å². The number of nitrogens with two attached hydrogens (primary N) is 1. The van der Waals surface area contributed by atoms with Crippen LogP contribution in [0.15, 0.2) is 97.1 Å². The first-order chi connectivity index (χ1) is 19.5. The number of rotatable bonds is 10. The smallest absolute Gasteiger partial charge is 0.246 e. The first-order valence-electron chi connectivity index (χ1n) is 13.8. The Kier molecular flexibility index (Phi) is 8.40. The molecule has 1 aliphatic rings. The van der Waals surface area contributed by atoms with E-state index in [4.69, 9.17) is 11.1 Å². The second kappa shape index (κ2) is 12.5. The quantitative estimate of drug-likeness (QED) is 0.136. The highest BCUT2D eigenvalue weighted by atomic mass is 16.2. The third kappa shape index (κ3) is 6.49. The number of hydrogen-bond acceptors (Lipinski definition) is 3. The van der Waals surface area contributed by atoms with Crippen molar-refractivity contribution in [2.24, 2.45) is 5.73 Å². The van der Waals surface area contributed by atoms with Gasteiger partial charge in [-0.2, -0.15) is 0 Å². The average Bonchev–Trinajstić information content (AvgIpc) is 2.97. The fourth-order valence-corrected chi connectivity index (χ4v) is 5.36. The fraction of sp³-hybridized carbons (Fsp3) is 0.242. The molecule has 1 saturated heterocycles. The summed E-state index contributed by atoms with van der Waals surface area (Å²) in [7, 11) is 0. The van der Waals surface area contributed by atoms with Gasteiger partial charge in [-0.3, -0.25) is 15.0 Å². The summed E-state index contributed by atoms with van der Waals surface area (Å²) in [5.41, 5.74) is 9.61. The molecule has 5 N–H and O–H groups in total. The zero-order chi connectivity index (χ0) is 27.9. The van der Waals surface area contributed by atoms with Crippen LogP contribution in [0.2, 0.25) is 0 Å². The molecule has 0 aromatic heterocycles. The molecule has 0 spiro atoms. The lowest BCUT2D eigenvalue weighted by molar-refractivity contribution is -0.150. The molecule has 7 nitrogen and oxygen atoms in total. The Labute approximate surface area is 234 Å². The van der Waals surface area contributed by atoms with Crippen LogP contribution in [0.5, 0.6) is 0 Å². The van der Waals surface area contributed by atoms with E-state index < -0.39 is 12.1 Å². The molecule has 0 aliphatic carbocycles. The summed E-state index contributed by atoms with van der Waals surface area (Å²) >= 11 is 0. The van der Waals surface area contributed by atoms with Gasteiger partial charge in [0.15, 0.2) is 5.96 Å². The number of carbonyl (C=O) groups excluding carboxylic acids is 2. The largest absolute Gasteiger partial charge is 0.370 e. The molecule has 5 rings (SSSR count). The zero-order valence-corrected chi connectivity index (χ0v) is 22.5. The van der Waals surface area contributed by atoms with Gasteiger partial charge in [-0.1, -0.05) is 97.1 Å². The van der Waals surface area contributed by atoms with Crippen LogP contribution < -0.4 is 16.4 Å². The SMILES string of the molecule is N=C(N)NCCCC[C@H]1C(=O)N[C@@H](Cc2ccc3ccccc3c2)C(=O)N1Cc1ccc(-c2ccccc2)cc1. The van der Waals surface area contributed by atoms with E-state index in [-0.39, 0.29) is 17.8 Å². The summed E-state index contributed by atoms with van der Waals surface area (Å²) < 4.78 is 0. The zero-order valence-electron chi connectivity index (χ0n) is 22.5. The molecule has 1 fully saturated rings. The second-order valence-electron chi connectivity index (χ2n) is 10.3. The van der Waals surface area contributed by atoms with Crippen molar-refractivity contribution in [2.75, 3.05) is 6.54 Å². The summed E-state index contributed by atoms with van der Waals surface area (Å²) in [6.07, 6.45) is 2.46. The van der Waals surface area contributed by atoms with Gasteiger partial charge in [0.2, 0.25) is 11.8 Å². The van der Waals surface area contributed by atoms with Crippen LogP contribution in [0.4, 0.5) is 0 Å². The van der Waals surface area contributed by atoms with Crippen molar-refractivity contribution < 1.29 is 9.59 Å². The average molecular weight is 534 g/mol. The first kappa shape index (κ1) is 26.9. The van der Waals surface area contributed by atoms with Gasteiger partial charge in [0.05, 0.1) is 0 Å². The lowest BCUT2D eigenvalue weighted by atomic mass is 9.95. The number of nitrogens with zero attached hydrogens (tertiary/aromatic N) is 1. The van der Waals surface area contributed by atoms with Crippen LogP contribution in [0.25, 0.3) is 21.9 Å². The number of carbonyl (C=O) groups is 2. The van der Waals surface area contributed by atoms with Crippen LogP contribution in [-0.2, 0) is 22.6 Å². The van der Waals surface area contributed by atoms with Crippen molar-refractivity contribution in [2.45, 2.75) is 44.3 Å². The van der Waals surface area contributed by atoms with Gasteiger partial charge < -0.3 is 21.3 Å². The Morgan fingerprint density at radius 3 is 2.25 bits per heavy atom. The van der Waals surface area contributed by atoms with E-state index in [9.17, 15) is 9.59 Å². The van der Waals surface area contributed by atoms with E-state index in [1.54, 1.807) is 4.90 Å². The Hall–Kier alpha value is -4.65. The second-order valence-corrected chi connectivity index (χ2v) is 10.3. The molecule has 2 atom stereocenters. The molecule has 4 aromatic carbocycles. The Balaban J connectivity index is 1.34. The lowest BCUT2D eigenvalue weighted by Crippen LogP contribution is -2.63. The van der Waals surface area contributed by atoms with Crippen molar-refractivity contribution in [1.29, 1.82) is 5.41 Å².